The Morgan fingerprint density at radius 3 is 2.76 bits per heavy atom. The van der Waals surface area contributed by atoms with E-state index < -0.39 is 0 Å². The summed E-state index contributed by atoms with van der Waals surface area (Å²) < 4.78 is 0.852. The second-order valence-corrected chi connectivity index (χ2v) is 7.65. The molecule has 1 unspecified atom stereocenters. The summed E-state index contributed by atoms with van der Waals surface area (Å²) in [6, 6.07) is 3.09. The van der Waals surface area contributed by atoms with Crippen LogP contribution in [0.5, 0.6) is 0 Å². The third-order valence-electron chi connectivity index (χ3n) is 2.58. The number of anilines is 2. The summed E-state index contributed by atoms with van der Waals surface area (Å²) in [5, 5.41) is 5.10. The predicted molar refractivity (Wildman–Crippen MR) is 91.7 cm³/mol. The molecule has 1 aromatic heterocycles. The lowest BCUT2D eigenvalue weighted by atomic mass is 10.2. The summed E-state index contributed by atoms with van der Waals surface area (Å²) in [6.07, 6.45) is 0. The molecule has 8 heteroatoms. The summed E-state index contributed by atoms with van der Waals surface area (Å²) in [6.45, 7) is 3.72. The van der Waals surface area contributed by atoms with Crippen LogP contribution in [0.1, 0.15) is 12.6 Å². The lowest BCUT2D eigenvalue weighted by Crippen LogP contribution is -2.23. The number of halogens is 2. The van der Waals surface area contributed by atoms with Crippen molar-refractivity contribution in [3.8, 4) is 0 Å². The molecular formula is C13H13Cl2N3OS2. The Labute approximate surface area is 141 Å². The number of aromatic nitrogens is 1. The molecule has 0 aliphatic carbocycles. The molecule has 1 aromatic carbocycles. The summed E-state index contributed by atoms with van der Waals surface area (Å²) >= 11 is 14.8. The largest absolute Gasteiger partial charge is 0.397 e. The molecule has 4 nitrogen and oxygen atoms in total. The van der Waals surface area contributed by atoms with Gasteiger partial charge in [0, 0.05) is 16.1 Å². The standard InChI is InChI=1S/C13H13Cl2N3OS2/c1-6-5-20-13(17-6)21-7(2)12(19)18-11-9(15)3-8(14)4-10(11)16/h3-5,7H,16H2,1-2H3,(H,18,19). The minimum Gasteiger partial charge on any atom is -0.397 e. The maximum absolute atomic E-state index is 12.2. The molecule has 2 rings (SSSR count). The van der Waals surface area contributed by atoms with Gasteiger partial charge in [-0.25, -0.2) is 4.98 Å². The number of hydrogen-bond donors (Lipinski definition) is 2. The predicted octanol–water partition coefficient (Wildman–Crippen LogP) is 4.46. The van der Waals surface area contributed by atoms with Crippen molar-refractivity contribution in [3.05, 3.63) is 33.3 Å². The number of carbonyl (C=O) groups excluding carboxylic acids is 1. The van der Waals surface area contributed by atoms with Crippen molar-refractivity contribution in [1.82, 2.24) is 4.98 Å². The first-order valence-corrected chi connectivity index (χ1v) is 8.52. The van der Waals surface area contributed by atoms with Gasteiger partial charge in [-0.1, -0.05) is 35.0 Å². The van der Waals surface area contributed by atoms with Crippen molar-refractivity contribution in [2.45, 2.75) is 23.4 Å². The van der Waals surface area contributed by atoms with Crippen LogP contribution in [0.25, 0.3) is 0 Å². The van der Waals surface area contributed by atoms with E-state index in [1.807, 2.05) is 12.3 Å². The fourth-order valence-corrected chi connectivity index (χ4v) is 4.08. The van der Waals surface area contributed by atoms with Crippen molar-refractivity contribution in [1.29, 1.82) is 0 Å². The van der Waals surface area contributed by atoms with Gasteiger partial charge in [-0.3, -0.25) is 4.79 Å². The van der Waals surface area contributed by atoms with Gasteiger partial charge in [0.05, 0.1) is 21.6 Å². The Hall–Kier alpha value is -0.950. The number of carbonyl (C=O) groups is 1. The van der Waals surface area contributed by atoms with Crippen LogP contribution >= 0.6 is 46.3 Å². The Kier molecular flexibility index (Phi) is 5.37. The number of rotatable bonds is 4. The van der Waals surface area contributed by atoms with Gasteiger partial charge in [-0.2, -0.15) is 0 Å². The monoisotopic (exact) mass is 361 g/mol. The molecule has 1 atom stereocenters. The molecule has 21 heavy (non-hydrogen) atoms. The van der Waals surface area contributed by atoms with Gasteiger partial charge in [-0.15, -0.1) is 11.3 Å². The highest BCUT2D eigenvalue weighted by Gasteiger charge is 2.18. The van der Waals surface area contributed by atoms with E-state index in [1.165, 1.54) is 29.2 Å². The van der Waals surface area contributed by atoms with E-state index in [0.29, 0.717) is 21.4 Å². The molecule has 112 valence electrons. The minimum absolute atomic E-state index is 0.191. The van der Waals surface area contributed by atoms with Gasteiger partial charge in [-0.05, 0) is 26.0 Å². The number of thiazole rings is 1. The van der Waals surface area contributed by atoms with E-state index in [9.17, 15) is 4.79 Å². The Balaban J connectivity index is 2.07. The van der Waals surface area contributed by atoms with Crippen LogP contribution in [0.2, 0.25) is 10.0 Å². The molecule has 0 aliphatic heterocycles. The molecule has 1 heterocycles. The zero-order valence-corrected chi connectivity index (χ0v) is 14.5. The first kappa shape index (κ1) is 16.4. The molecule has 2 aromatic rings. The van der Waals surface area contributed by atoms with Crippen molar-refractivity contribution >= 4 is 63.6 Å². The van der Waals surface area contributed by atoms with Gasteiger partial charge in [0.2, 0.25) is 5.91 Å². The molecule has 0 bridgehead atoms. The highest BCUT2D eigenvalue weighted by atomic mass is 35.5. The zero-order valence-electron chi connectivity index (χ0n) is 11.3. The van der Waals surface area contributed by atoms with Crippen LogP contribution in [0.4, 0.5) is 11.4 Å². The highest BCUT2D eigenvalue weighted by molar-refractivity contribution is 8.02. The third kappa shape index (κ3) is 4.26. The van der Waals surface area contributed by atoms with Crippen LogP contribution in [0, 0.1) is 6.92 Å². The Bertz CT molecular complexity index is 652. The average Bonchev–Trinajstić information content (AvgIpc) is 2.78. The fraction of sp³-hybridized carbons (Fsp3) is 0.231. The summed E-state index contributed by atoms with van der Waals surface area (Å²) in [4.78, 5) is 16.5. The number of thioether (sulfide) groups is 1. The van der Waals surface area contributed by atoms with Crippen LogP contribution < -0.4 is 11.1 Å². The summed E-state index contributed by atoms with van der Waals surface area (Å²) in [7, 11) is 0. The van der Waals surface area contributed by atoms with E-state index in [1.54, 1.807) is 13.0 Å². The second-order valence-electron chi connectivity index (χ2n) is 4.36. The van der Waals surface area contributed by atoms with Crippen molar-refractivity contribution in [2.75, 3.05) is 11.1 Å². The quantitative estimate of drug-likeness (QED) is 0.622. The van der Waals surface area contributed by atoms with Gasteiger partial charge in [0.25, 0.3) is 0 Å². The first-order valence-electron chi connectivity index (χ1n) is 6.01. The van der Waals surface area contributed by atoms with Crippen LogP contribution in [-0.2, 0) is 4.79 Å². The smallest absolute Gasteiger partial charge is 0.237 e. The third-order valence-corrected chi connectivity index (χ3v) is 5.28. The average molecular weight is 362 g/mol. The van der Waals surface area contributed by atoms with E-state index in [2.05, 4.69) is 10.3 Å². The fourth-order valence-electron chi connectivity index (χ4n) is 1.54. The number of nitrogens with zero attached hydrogens (tertiary/aromatic N) is 1. The first-order chi connectivity index (χ1) is 9.86. The summed E-state index contributed by atoms with van der Waals surface area (Å²) in [5.74, 6) is -0.191. The van der Waals surface area contributed by atoms with Gasteiger partial charge < -0.3 is 11.1 Å². The Morgan fingerprint density at radius 1 is 1.48 bits per heavy atom. The normalized spacial score (nSPS) is 12.2. The van der Waals surface area contributed by atoms with Crippen LogP contribution in [0.15, 0.2) is 21.9 Å². The second kappa shape index (κ2) is 6.87. The van der Waals surface area contributed by atoms with E-state index >= 15 is 0 Å². The minimum atomic E-state index is -0.318. The number of amides is 1. The number of nitrogens with two attached hydrogens (primary N) is 1. The molecule has 1 amide bonds. The van der Waals surface area contributed by atoms with E-state index in [-0.39, 0.29) is 11.2 Å². The lowest BCUT2D eigenvalue weighted by Gasteiger charge is -2.14. The number of benzene rings is 1. The number of nitrogens with one attached hydrogen (secondary N) is 1. The Morgan fingerprint density at radius 2 is 2.19 bits per heavy atom. The van der Waals surface area contributed by atoms with Crippen molar-refractivity contribution in [2.24, 2.45) is 0 Å². The van der Waals surface area contributed by atoms with Crippen molar-refractivity contribution < 1.29 is 4.79 Å². The number of nitrogen functional groups attached to an aromatic ring is 1. The number of aryl methyl sites for hydroxylation is 1. The molecule has 0 fully saturated rings. The van der Waals surface area contributed by atoms with Crippen LogP contribution in [-0.4, -0.2) is 16.1 Å². The van der Waals surface area contributed by atoms with E-state index in [4.69, 9.17) is 28.9 Å². The lowest BCUT2D eigenvalue weighted by molar-refractivity contribution is -0.115. The number of hydrogen-bond acceptors (Lipinski definition) is 5. The molecule has 3 N–H and O–H groups in total. The molecule has 0 radical (unpaired) electrons. The molecule has 0 spiro atoms. The molecule has 0 aliphatic rings. The molecular weight excluding hydrogens is 349 g/mol. The van der Waals surface area contributed by atoms with Crippen molar-refractivity contribution in [3.63, 3.8) is 0 Å². The summed E-state index contributed by atoms with van der Waals surface area (Å²) in [5.41, 5.74) is 7.49. The van der Waals surface area contributed by atoms with Gasteiger partial charge in [0.15, 0.2) is 4.34 Å². The maximum Gasteiger partial charge on any atom is 0.237 e. The van der Waals surface area contributed by atoms with Crippen LogP contribution in [0.3, 0.4) is 0 Å². The maximum atomic E-state index is 12.2. The highest BCUT2D eigenvalue weighted by Crippen LogP contribution is 2.33. The molecule has 0 saturated carbocycles. The molecule has 0 saturated heterocycles. The van der Waals surface area contributed by atoms with Gasteiger partial charge in [0.1, 0.15) is 0 Å². The zero-order chi connectivity index (χ0) is 15.6. The SMILES string of the molecule is Cc1csc(SC(C)C(=O)Nc2c(N)cc(Cl)cc2Cl)n1. The topological polar surface area (TPSA) is 68.0 Å². The van der Waals surface area contributed by atoms with E-state index in [0.717, 1.165) is 10.0 Å². The van der Waals surface area contributed by atoms with Gasteiger partial charge >= 0.3 is 0 Å².